The third-order valence-electron chi connectivity index (χ3n) is 3.45. The van der Waals surface area contributed by atoms with Gasteiger partial charge in [-0.05, 0) is 38.3 Å². The third kappa shape index (κ3) is 5.58. The standard InChI is InChI=1S/C12H14N2.C7H14/c1-9-4-6-11(7-5-9)12-8-10(2)13-14(12)3;1-4-6-7(3)5-2/h4-8H,1-3H3;3-6H2,1-2H3. The van der Waals surface area contributed by atoms with Crippen LogP contribution >= 0.6 is 0 Å². The van der Waals surface area contributed by atoms with Crippen molar-refractivity contribution in [1.29, 1.82) is 0 Å². The number of allylic oxidation sites excluding steroid dienone is 1. The van der Waals surface area contributed by atoms with Crippen molar-refractivity contribution in [3.05, 3.63) is 53.7 Å². The zero-order valence-electron chi connectivity index (χ0n) is 14.1. The van der Waals surface area contributed by atoms with E-state index >= 15 is 0 Å². The van der Waals surface area contributed by atoms with E-state index in [2.05, 4.69) is 62.8 Å². The van der Waals surface area contributed by atoms with Gasteiger partial charge in [0, 0.05) is 7.05 Å². The Kier molecular flexibility index (Phi) is 6.93. The summed E-state index contributed by atoms with van der Waals surface area (Å²) in [4.78, 5) is 0. The topological polar surface area (TPSA) is 17.8 Å². The van der Waals surface area contributed by atoms with Crippen LogP contribution in [-0.4, -0.2) is 9.78 Å². The summed E-state index contributed by atoms with van der Waals surface area (Å²) in [5, 5.41) is 4.33. The van der Waals surface area contributed by atoms with Gasteiger partial charge in [-0.3, -0.25) is 4.68 Å². The molecule has 0 atom stereocenters. The molecular weight excluding hydrogens is 256 g/mol. The van der Waals surface area contributed by atoms with Crippen LogP contribution in [0.4, 0.5) is 0 Å². The molecule has 2 rings (SSSR count). The van der Waals surface area contributed by atoms with E-state index in [1.807, 2.05) is 18.7 Å². The first-order chi connectivity index (χ1) is 9.97. The summed E-state index contributed by atoms with van der Waals surface area (Å²) in [6, 6.07) is 10.6. The largest absolute Gasteiger partial charge is 0.268 e. The van der Waals surface area contributed by atoms with Crippen molar-refractivity contribution < 1.29 is 0 Å². The van der Waals surface area contributed by atoms with E-state index in [0.29, 0.717) is 0 Å². The van der Waals surface area contributed by atoms with E-state index in [1.165, 1.54) is 35.2 Å². The number of benzene rings is 1. The van der Waals surface area contributed by atoms with Gasteiger partial charge in [-0.1, -0.05) is 62.2 Å². The molecule has 0 N–H and O–H groups in total. The Morgan fingerprint density at radius 1 is 1.14 bits per heavy atom. The van der Waals surface area contributed by atoms with Crippen molar-refractivity contribution in [2.24, 2.45) is 7.05 Å². The van der Waals surface area contributed by atoms with E-state index in [1.54, 1.807) is 0 Å². The Morgan fingerprint density at radius 2 is 1.76 bits per heavy atom. The molecule has 1 aromatic carbocycles. The molecule has 0 bridgehead atoms. The zero-order valence-corrected chi connectivity index (χ0v) is 14.1. The molecule has 0 saturated carbocycles. The molecule has 0 saturated heterocycles. The van der Waals surface area contributed by atoms with Gasteiger partial charge in [-0.2, -0.15) is 5.10 Å². The quantitative estimate of drug-likeness (QED) is 0.682. The number of hydrogen-bond acceptors (Lipinski definition) is 1. The maximum absolute atomic E-state index is 4.33. The molecule has 2 nitrogen and oxygen atoms in total. The summed E-state index contributed by atoms with van der Waals surface area (Å²) >= 11 is 0. The minimum absolute atomic E-state index is 1.06. The molecule has 1 aromatic heterocycles. The summed E-state index contributed by atoms with van der Waals surface area (Å²) in [6.45, 7) is 12.3. The highest BCUT2D eigenvalue weighted by Gasteiger charge is 2.03. The first kappa shape index (κ1) is 17.2. The second kappa shape index (κ2) is 8.46. The van der Waals surface area contributed by atoms with Crippen molar-refractivity contribution in [3.8, 4) is 11.3 Å². The van der Waals surface area contributed by atoms with Crippen molar-refractivity contribution in [2.45, 2.75) is 47.0 Å². The van der Waals surface area contributed by atoms with E-state index in [4.69, 9.17) is 0 Å². The number of aromatic nitrogens is 2. The summed E-state index contributed by atoms with van der Waals surface area (Å²) in [5.74, 6) is 0. The maximum Gasteiger partial charge on any atom is 0.0681 e. The Balaban J connectivity index is 0.000000270. The van der Waals surface area contributed by atoms with Gasteiger partial charge >= 0.3 is 0 Å². The first-order valence-electron chi connectivity index (χ1n) is 7.72. The van der Waals surface area contributed by atoms with Crippen LogP contribution in [0, 0.1) is 13.8 Å². The number of nitrogens with zero attached hydrogens (tertiary/aromatic N) is 2. The SMILES string of the molecule is C=C(CC)CCC.Cc1ccc(-c2cc(C)nn2C)cc1. The van der Waals surface area contributed by atoms with Crippen molar-refractivity contribution in [3.63, 3.8) is 0 Å². The smallest absolute Gasteiger partial charge is 0.0681 e. The molecule has 0 radical (unpaired) electrons. The summed E-state index contributed by atoms with van der Waals surface area (Å²) in [5.41, 5.74) is 6.11. The van der Waals surface area contributed by atoms with Gasteiger partial charge in [0.25, 0.3) is 0 Å². The van der Waals surface area contributed by atoms with Crippen LogP contribution < -0.4 is 0 Å². The fraction of sp³-hybridized carbons (Fsp3) is 0.421. The van der Waals surface area contributed by atoms with Crippen molar-refractivity contribution >= 4 is 0 Å². The minimum atomic E-state index is 1.06. The molecule has 0 aliphatic carbocycles. The van der Waals surface area contributed by atoms with Crippen LogP contribution in [0.5, 0.6) is 0 Å². The molecule has 2 aromatic rings. The average Bonchev–Trinajstić information content (AvgIpc) is 2.79. The lowest BCUT2D eigenvalue weighted by Gasteiger charge is -2.01. The Labute approximate surface area is 129 Å². The molecule has 0 amide bonds. The van der Waals surface area contributed by atoms with Crippen LogP contribution in [0.25, 0.3) is 11.3 Å². The number of rotatable bonds is 4. The lowest BCUT2D eigenvalue weighted by atomic mass is 10.1. The monoisotopic (exact) mass is 284 g/mol. The highest BCUT2D eigenvalue weighted by molar-refractivity contribution is 5.60. The van der Waals surface area contributed by atoms with Gasteiger partial charge in [-0.15, -0.1) is 0 Å². The lowest BCUT2D eigenvalue weighted by Crippen LogP contribution is -1.93. The predicted octanol–water partition coefficient (Wildman–Crippen LogP) is 5.46. The fourth-order valence-electron chi connectivity index (χ4n) is 2.14. The fourth-order valence-corrected chi connectivity index (χ4v) is 2.14. The molecular formula is C19H28N2. The molecule has 0 unspecified atom stereocenters. The molecule has 114 valence electrons. The van der Waals surface area contributed by atoms with E-state index in [0.717, 1.165) is 12.1 Å². The Hall–Kier alpha value is -1.83. The lowest BCUT2D eigenvalue weighted by molar-refractivity contribution is 0.764. The summed E-state index contributed by atoms with van der Waals surface area (Å²) in [7, 11) is 1.97. The van der Waals surface area contributed by atoms with Gasteiger partial charge in [0.15, 0.2) is 0 Å². The van der Waals surface area contributed by atoms with Crippen LogP contribution in [0.3, 0.4) is 0 Å². The number of hydrogen-bond donors (Lipinski definition) is 0. The summed E-state index contributed by atoms with van der Waals surface area (Å²) in [6.07, 6.45) is 3.59. The Bertz CT molecular complexity index is 562. The highest BCUT2D eigenvalue weighted by atomic mass is 15.3. The third-order valence-corrected chi connectivity index (χ3v) is 3.45. The first-order valence-corrected chi connectivity index (χ1v) is 7.72. The van der Waals surface area contributed by atoms with Crippen LogP contribution in [-0.2, 0) is 7.05 Å². The van der Waals surface area contributed by atoms with Crippen LogP contribution in [0.2, 0.25) is 0 Å². The summed E-state index contributed by atoms with van der Waals surface area (Å²) < 4.78 is 1.92. The minimum Gasteiger partial charge on any atom is -0.268 e. The van der Waals surface area contributed by atoms with Crippen molar-refractivity contribution in [1.82, 2.24) is 9.78 Å². The average molecular weight is 284 g/mol. The molecule has 0 aliphatic heterocycles. The molecule has 0 fully saturated rings. The van der Waals surface area contributed by atoms with E-state index in [-0.39, 0.29) is 0 Å². The van der Waals surface area contributed by atoms with E-state index < -0.39 is 0 Å². The van der Waals surface area contributed by atoms with Gasteiger partial charge < -0.3 is 0 Å². The Morgan fingerprint density at radius 3 is 2.14 bits per heavy atom. The van der Waals surface area contributed by atoms with Gasteiger partial charge in [0.05, 0.1) is 11.4 Å². The van der Waals surface area contributed by atoms with Gasteiger partial charge in [-0.25, -0.2) is 0 Å². The van der Waals surface area contributed by atoms with Crippen LogP contribution in [0.1, 0.15) is 44.4 Å². The second-order valence-corrected chi connectivity index (χ2v) is 5.51. The predicted molar refractivity (Wildman–Crippen MR) is 92.5 cm³/mol. The zero-order chi connectivity index (χ0) is 15.8. The number of aryl methyl sites for hydroxylation is 3. The highest BCUT2D eigenvalue weighted by Crippen LogP contribution is 2.19. The molecule has 21 heavy (non-hydrogen) atoms. The second-order valence-electron chi connectivity index (χ2n) is 5.51. The van der Waals surface area contributed by atoms with E-state index in [9.17, 15) is 0 Å². The molecule has 0 aliphatic rings. The van der Waals surface area contributed by atoms with Gasteiger partial charge in [0.1, 0.15) is 0 Å². The molecule has 0 spiro atoms. The normalized spacial score (nSPS) is 9.95. The van der Waals surface area contributed by atoms with Crippen LogP contribution in [0.15, 0.2) is 42.5 Å². The maximum atomic E-state index is 4.33. The molecule has 1 heterocycles. The van der Waals surface area contributed by atoms with Gasteiger partial charge in [0.2, 0.25) is 0 Å². The van der Waals surface area contributed by atoms with Crippen molar-refractivity contribution in [2.75, 3.05) is 0 Å². The molecule has 2 heteroatoms.